The molecule has 100 valence electrons. The number of rotatable bonds is 7. The molecule has 0 bridgehead atoms. The molecule has 0 aromatic heterocycles. The lowest BCUT2D eigenvalue weighted by Gasteiger charge is -2.16. The number of nitrogens with two attached hydrogens (primary N) is 1. The van der Waals surface area contributed by atoms with Crippen molar-refractivity contribution in [3.8, 4) is 0 Å². The second kappa shape index (κ2) is 7.66. The van der Waals surface area contributed by atoms with Gasteiger partial charge in [0.15, 0.2) is 0 Å². The molecule has 0 amide bonds. The van der Waals surface area contributed by atoms with Gasteiger partial charge >= 0.3 is 0 Å². The molecule has 1 aromatic rings. The molecule has 0 radical (unpaired) electrons. The minimum atomic E-state index is -0.208. The van der Waals surface area contributed by atoms with Gasteiger partial charge in [-0.3, -0.25) is 0 Å². The number of halogens is 1. The van der Waals surface area contributed by atoms with Crippen LogP contribution in [0.25, 0.3) is 0 Å². The normalized spacial score (nSPS) is 12.1. The maximum atomic E-state index is 12.7. The van der Waals surface area contributed by atoms with Gasteiger partial charge in [0.1, 0.15) is 11.7 Å². The van der Waals surface area contributed by atoms with E-state index in [9.17, 15) is 4.39 Å². The van der Waals surface area contributed by atoms with Crippen LogP contribution < -0.4 is 5.73 Å². The number of hydrogen-bond acceptors (Lipinski definition) is 3. The van der Waals surface area contributed by atoms with Crippen molar-refractivity contribution in [1.29, 1.82) is 0 Å². The fourth-order valence-electron chi connectivity index (χ4n) is 1.72. The lowest BCUT2D eigenvalue weighted by atomic mass is 10.2. The van der Waals surface area contributed by atoms with Gasteiger partial charge in [0.25, 0.3) is 0 Å². The minimum Gasteiger partial charge on any atom is -0.409 e. The van der Waals surface area contributed by atoms with Crippen molar-refractivity contribution >= 4 is 5.84 Å². The largest absolute Gasteiger partial charge is 0.409 e. The molecular formula is C13H20FN3O. The number of benzene rings is 1. The van der Waals surface area contributed by atoms with Crippen LogP contribution in [0.4, 0.5) is 4.39 Å². The summed E-state index contributed by atoms with van der Waals surface area (Å²) in [7, 11) is 2.02. The second-order valence-electron chi connectivity index (χ2n) is 4.41. The predicted octanol–water partition coefficient (Wildman–Crippen LogP) is 2.17. The van der Waals surface area contributed by atoms with E-state index >= 15 is 0 Å². The van der Waals surface area contributed by atoms with Gasteiger partial charge < -0.3 is 15.8 Å². The van der Waals surface area contributed by atoms with Crippen LogP contribution in [0.1, 0.15) is 24.8 Å². The minimum absolute atomic E-state index is 0.208. The Balaban J connectivity index is 2.21. The molecule has 0 aliphatic heterocycles. The summed E-state index contributed by atoms with van der Waals surface area (Å²) in [4.78, 5) is 2.17. The van der Waals surface area contributed by atoms with Crippen molar-refractivity contribution in [1.82, 2.24) is 4.90 Å². The third-order valence-electron chi connectivity index (χ3n) is 2.72. The molecule has 0 aliphatic carbocycles. The highest BCUT2D eigenvalue weighted by molar-refractivity contribution is 5.79. The van der Waals surface area contributed by atoms with Gasteiger partial charge in [-0.25, -0.2) is 4.39 Å². The van der Waals surface area contributed by atoms with Crippen LogP contribution in [-0.4, -0.2) is 29.5 Å². The first-order valence-electron chi connectivity index (χ1n) is 6.01. The average molecular weight is 253 g/mol. The van der Waals surface area contributed by atoms with Crippen molar-refractivity contribution < 1.29 is 9.60 Å². The Hall–Kier alpha value is -1.62. The molecule has 0 aliphatic rings. The van der Waals surface area contributed by atoms with Crippen LogP contribution in [0.2, 0.25) is 0 Å². The number of nitrogens with zero attached hydrogens (tertiary/aromatic N) is 2. The van der Waals surface area contributed by atoms with Gasteiger partial charge in [0, 0.05) is 13.0 Å². The summed E-state index contributed by atoms with van der Waals surface area (Å²) in [5.41, 5.74) is 6.47. The number of amidine groups is 1. The molecule has 0 saturated heterocycles. The first-order chi connectivity index (χ1) is 8.61. The van der Waals surface area contributed by atoms with Crippen LogP contribution in [-0.2, 0) is 6.54 Å². The summed E-state index contributed by atoms with van der Waals surface area (Å²) in [5.74, 6) is 0.0661. The first kappa shape index (κ1) is 14.4. The van der Waals surface area contributed by atoms with E-state index in [-0.39, 0.29) is 11.7 Å². The van der Waals surface area contributed by atoms with Crippen molar-refractivity contribution in [3.05, 3.63) is 35.6 Å². The monoisotopic (exact) mass is 253 g/mol. The third kappa shape index (κ3) is 5.63. The molecule has 0 fully saturated rings. The number of oxime groups is 1. The van der Waals surface area contributed by atoms with Gasteiger partial charge in [-0.2, -0.15) is 0 Å². The van der Waals surface area contributed by atoms with Gasteiger partial charge in [-0.15, -0.1) is 0 Å². The Bertz CT molecular complexity index is 378. The van der Waals surface area contributed by atoms with Crippen LogP contribution in [0, 0.1) is 5.82 Å². The van der Waals surface area contributed by atoms with E-state index < -0.39 is 0 Å². The van der Waals surface area contributed by atoms with E-state index in [1.807, 2.05) is 7.05 Å². The molecule has 0 atom stereocenters. The summed E-state index contributed by atoms with van der Waals surface area (Å²) >= 11 is 0. The summed E-state index contributed by atoms with van der Waals surface area (Å²) in [5, 5.41) is 11.3. The Morgan fingerprint density at radius 2 is 2.00 bits per heavy atom. The smallest absolute Gasteiger partial charge is 0.139 e. The van der Waals surface area contributed by atoms with Crippen molar-refractivity contribution in [2.24, 2.45) is 10.9 Å². The van der Waals surface area contributed by atoms with Crippen LogP contribution in [0.3, 0.4) is 0 Å². The van der Waals surface area contributed by atoms with Gasteiger partial charge in [-0.1, -0.05) is 17.3 Å². The molecule has 18 heavy (non-hydrogen) atoms. The zero-order valence-electron chi connectivity index (χ0n) is 10.6. The molecular weight excluding hydrogens is 233 g/mol. The standard InChI is InChI=1S/C13H20FN3O/c1-17(9-3-2-4-13(15)16-18)10-11-5-7-12(14)8-6-11/h5-8,18H,2-4,9-10H2,1H3,(H2,15,16). The predicted molar refractivity (Wildman–Crippen MR) is 70.0 cm³/mol. The number of hydrogen-bond donors (Lipinski definition) is 2. The van der Waals surface area contributed by atoms with Crippen molar-refractivity contribution in [2.75, 3.05) is 13.6 Å². The molecule has 4 nitrogen and oxygen atoms in total. The summed E-state index contributed by atoms with van der Waals surface area (Å²) in [6.07, 6.45) is 2.48. The molecule has 1 aromatic carbocycles. The Kier molecular flexibility index (Phi) is 6.14. The SMILES string of the molecule is CN(CCCC/C(N)=N/O)Cc1ccc(F)cc1. The topological polar surface area (TPSA) is 61.8 Å². The van der Waals surface area contributed by atoms with Crippen LogP contribution >= 0.6 is 0 Å². The highest BCUT2D eigenvalue weighted by Gasteiger charge is 2.01. The Morgan fingerprint density at radius 3 is 2.61 bits per heavy atom. The van der Waals surface area contributed by atoms with E-state index in [0.29, 0.717) is 6.42 Å². The maximum Gasteiger partial charge on any atom is 0.139 e. The average Bonchev–Trinajstić information content (AvgIpc) is 2.37. The van der Waals surface area contributed by atoms with Crippen LogP contribution in [0.5, 0.6) is 0 Å². The quantitative estimate of drug-likeness (QED) is 0.257. The zero-order valence-corrected chi connectivity index (χ0v) is 10.6. The van der Waals surface area contributed by atoms with E-state index in [0.717, 1.165) is 31.5 Å². The van der Waals surface area contributed by atoms with E-state index in [1.165, 1.54) is 12.1 Å². The zero-order chi connectivity index (χ0) is 13.4. The van der Waals surface area contributed by atoms with Crippen molar-refractivity contribution in [3.63, 3.8) is 0 Å². The van der Waals surface area contributed by atoms with Crippen molar-refractivity contribution in [2.45, 2.75) is 25.8 Å². The molecule has 1 rings (SSSR count). The maximum absolute atomic E-state index is 12.7. The van der Waals surface area contributed by atoms with Gasteiger partial charge in [0.2, 0.25) is 0 Å². The molecule has 5 heteroatoms. The molecule has 3 N–H and O–H groups in total. The first-order valence-corrected chi connectivity index (χ1v) is 6.01. The lowest BCUT2D eigenvalue weighted by molar-refractivity contribution is 0.312. The lowest BCUT2D eigenvalue weighted by Crippen LogP contribution is -2.19. The fraction of sp³-hybridized carbons (Fsp3) is 0.462. The molecule has 0 saturated carbocycles. The summed E-state index contributed by atoms with van der Waals surface area (Å²) < 4.78 is 12.7. The second-order valence-corrected chi connectivity index (χ2v) is 4.41. The highest BCUT2D eigenvalue weighted by Crippen LogP contribution is 2.06. The Labute approximate surface area is 107 Å². The number of unbranched alkanes of at least 4 members (excludes halogenated alkanes) is 1. The fourth-order valence-corrected chi connectivity index (χ4v) is 1.72. The summed E-state index contributed by atoms with van der Waals surface area (Å²) in [6.45, 7) is 1.72. The van der Waals surface area contributed by atoms with E-state index in [2.05, 4.69) is 10.1 Å². The summed E-state index contributed by atoms with van der Waals surface area (Å²) in [6, 6.07) is 6.54. The highest BCUT2D eigenvalue weighted by atomic mass is 19.1. The van der Waals surface area contributed by atoms with E-state index in [1.54, 1.807) is 12.1 Å². The van der Waals surface area contributed by atoms with E-state index in [4.69, 9.17) is 10.9 Å². The molecule has 0 heterocycles. The Morgan fingerprint density at radius 1 is 1.33 bits per heavy atom. The molecule has 0 spiro atoms. The third-order valence-corrected chi connectivity index (χ3v) is 2.72. The molecule has 0 unspecified atom stereocenters. The van der Waals surface area contributed by atoms with Gasteiger partial charge in [-0.05, 0) is 44.1 Å². The van der Waals surface area contributed by atoms with Gasteiger partial charge in [0.05, 0.1) is 0 Å². The van der Waals surface area contributed by atoms with Crippen LogP contribution in [0.15, 0.2) is 29.4 Å².